The van der Waals surface area contributed by atoms with Crippen molar-refractivity contribution in [3.63, 3.8) is 0 Å². The Morgan fingerprint density at radius 1 is 0.854 bits per heavy atom. The molecule has 3 aromatic carbocycles. The summed E-state index contributed by atoms with van der Waals surface area (Å²) in [7, 11) is 0. The Kier molecular flexibility index (Phi) is 9.20. The van der Waals surface area contributed by atoms with Crippen LogP contribution >= 0.6 is 11.6 Å². The standard InChI is InChI=1S/C34H24ClF4N7O2/c35-27-17-42-45(19-27)18-25-3-5-26(6-4-25)20-48-29-11-7-23(8-12-29)1-2-24-9-14-32(40-16-24)34(38,39)33(47,21-46-22-41-43-44-46)30-13-10-28(36)15-31(30)37/h3-17,19,22,47H,18,20-21H2. The number of pyridine rings is 1. The van der Waals surface area contributed by atoms with Crippen LogP contribution in [0.5, 0.6) is 5.75 Å². The molecular formula is C34H24ClF4N7O2. The van der Waals surface area contributed by atoms with Crippen molar-refractivity contribution in [1.29, 1.82) is 0 Å². The second-order valence-electron chi connectivity index (χ2n) is 10.7. The monoisotopic (exact) mass is 673 g/mol. The van der Waals surface area contributed by atoms with Crippen LogP contribution in [0, 0.1) is 23.5 Å². The Hall–Kier alpha value is -5.58. The molecule has 0 aliphatic carbocycles. The second-order valence-corrected chi connectivity index (χ2v) is 11.2. The van der Waals surface area contributed by atoms with Gasteiger partial charge in [-0.25, -0.2) is 13.5 Å². The van der Waals surface area contributed by atoms with Gasteiger partial charge >= 0.3 is 5.92 Å². The highest BCUT2D eigenvalue weighted by molar-refractivity contribution is 6.30. The van der Waals surface area contributed by atoms with E-state index >= 15 is 8.78 Å². The molecule has 0 aliphatic rings. The topological polar surface area (TPSA) is 104 Å². The van der Waals surface area contributed by atoms with E-state index in [1.54, 1.807) is 41.3 Å². The van der Waals surface area contributed by atoms with E-state index in [1.807, 2.05) is 24.3 Å². The number of aliphatic hydroxyl groups is 1. The van der Waals surface area contributed by atoms with Crippen molar-refractivity contribution >= 4 is 11.6 Å². The molecule has 0 saturated heterocycles. The predicted molar refractivity (Wildman–Crippen MR) is 166 cm³/mol. The van der Waals surface area contributed by atoms with Gasteiger partial charge in [0.05, 0.1) is 24.3 Å². The van der Waals surface area contributed by atoms with Crippen LogP contribution in [0.1, 0.15) is 33.5 Å². The minimum absolute atomic E-state index is 0.311. The number of hydrogen-bond acceptors (Lipinski definition) is 7. The number of hydrogen-bond donors (Lipinski definition) is 1. The number of nitrogens with zero attached hydrogens (tertiary/aromatic N) is 7. The lowest BCUT2D eigenvalue weighted by Gasteiger charge is -2.35. The van der Waals surface area contributed by atoms with Crippen molar-refractivity contribution in [2.24, 2.45) is 0 Å². The van der Waals surface area contributed by atoms with Crippen LogP contribution in [0.2, 0.25) is 5.02 Å². The molecule has 242 valence electrons. The maximum Gasteiger partial charge on any atom is 0.323 e. The molecule has 9 nitrogen and oxygen atoms in total. The highest BCUT2D eigenvalue weighted by Crippen LogP contribution is 2.46. The van der Waals surface area contributed by atoms with Crippen LogP contribution in [0.3, 0.4) is 0 Å². The number of halogens is 5. The molecule has 0 spiro atoms. The van der Waals surface area contributed by atoms with E-state index in [-0.39, 0.29) is 0 Å². The van der Waals surface area contributed by atoms with E-state index < -0.39 is 41.0 Å². The zero-order chi connectivity index (χ0) is 33.7. The number of ether oxygens (including phenoxy) is 1. The first-order valence-corrected chi connectivity index (χ1v) is 14.7. The molecular weight excluding hydrogens is 650 g/mol. The van der Waals surface area contributed by atoms with E-state index in [2.05, 4.69) is 37.4 Å². The Morgan fingerprint density at radius 2 is 1.58 bits per heavy atom. The van der Waals surface area contributed by atoms with Crippen molar-refractivity contribution < 1.29 is 27.4 Å². The fourth-order valence-corrected chi connectivity index (χ4v) is 4.99. The summed E-state index contributed by atoms with van der Waals surface area (Å²) in [6.07, 6.45) is 5.44. The summed E-state index contributed by atoms with van der Waals surface area (Å²) in [5.74, 6) is -0.107. The lowest BCUT2D eigenvalue weighted by molar-refractivity contribution is -0.207. The van der Waals surface area contributed by atoms with Crippen molar-refractivity contribution in [2.75, 3.05) is 0 Å². The minimum atomic E-state index is -4.17. The summed E-state index contributed by atoms with van der Waals surface area (Å²) in [6.45, 7) is 0.0158. The molecule has 0 saturated carbocycles. The first-order valence-electron chi connectivity index (χ1n) is 14.3. The molecule has 6 rings (SSSR count). The van der Waals surface area contributed by atoms with Crippen LogP contribution in [-0.4, -0.2) is 40.1 Å². The lowest BCUT2D eigenvalue weighted by atomic mass is 9.84. The van der Waals surface area contributed by atoms with E-state index in [0.29, 0.717) is 41.1 Å². The molecule has 0 aliphatic heterocycles. The smallest absolute Gasteiger partial charge is 0.323 e. The molecule has 3 heterocycles. The average molecular weight is 674 g/mol. The molecule has 1 unspecified atom stereocenters. The van der Waals surface area contributed by atoms with Gasteiger partial charge in [0, 0.05) is 35.2 Å². The minimum Gasteiger partial charge on any atom is -0.489 e. The van der Waals surface area contributed by atoms with E-state index in [0.717, 1.165) is 46.5 Å². The molecule has 0 amide bonds. The quantitative estimate of drug-likeness (QED) is 0.143. The predicted octanol–water partition coefficient (Wildman–Crippen LogP) is 5.90. The van der Waals surface area contributed by atoms with Gasteiger partial charge in [-0.2, -0.15) is 13.9 Å². The molecule has 48 heavy (non-hydrogen) atoms. The van der Waals surface area contributed by atoms with Crippen molar-refractivity contribution in [3.05, 3.63) is 154 Å². The Bertz CT molecular complexity index is 2060. The second kappa shape index (κ2) is 13.6. The van der Waals surface area contributed by atoms with Crippen LogP contribution in [0.25, 0.3) is 0 Å². The summed E-state index contributed by atoms with van der Waals surface area (Å²) in [6, 6.07) is 19.2. The number of benzene rings is 3. The van der Waals surface area contributed by atoms with E-state index in [9.17, 15) is 13.9 Å². The van der Waals surface area contributed by atoms with E-state index in [1.165, 1.54) is 6.07 Å². The first kappa shape index (κ1) is 32.4. The lowest BCUT2D eigenvalue weighted by Crippen LogP contribution is -2.48. The van der Waals surface area contributed by atoms with E-state index in [4.69, 9.17) is 16.3 Å². The first-order chi connectivity index (χ1) is 23.1. The number of rotatable bonds is 10. The van der Waals surface area contributed by atoms with Gasteiger partial charge in [-0.3, -0.25) is 9.67 Å². The highest BCUT2D eigenvalue weighted by Gasteiger charge is 2.58. The van der Waals surface area contributed by atoms with Gasteiger partial charge in [-0.05, 0) is 70.1 Å². The van der Waals surface area contributed by atoms with Crippen molar-refractivity contribution in [3.8, 4) is 17.6 Å². The van der Waals surface area contributed by atoms with Gasteiger partial charge in [-0.15, -0.1) is 5.10 Å². The van der Waals surface area contributed by atoms with Gasteiger partial charge in [0.2, 0.25) is 0 Å². The maximum atomic E-state index is 15.9. The van der Waals surface area contributed by atoms with Gasteiger partial charge in [-0.1, -0.05) is 47.7 Å². The van der Waals surface area contributed by atoms with Gasteiger partial charge in [0.25, 0.3) is 0 Å². The molecule has 0 fully saturated rings. The third-order valence-electron chi connectivity index (χ3n) is 7.34. The zero-order valence-corrected chi connectivity index (χ0v) is 25.6. The molecule has 0 radical (unpaired) electrons. The largest absolute Gasteiger partial charge is 0.489 e. The van der Waals surface area contributed by atoms with Gasteiger partial charge < -0.3 is 9.84 Å². The normalized spacial score (nSPS) is 12.6. The van der Waals surface area contributed by atoms with Crippen LogP contribution in [-0.2, 0) is 31.2 Å². The number of tetrazole rings is 1. The van der Waals surface area contributed by atoms with Crippen molar-refractivity contribution in [2.45, 2.75) is 31.2 Å². The Labute approximate surface area is 276 Å². The number of aromatic nitrogens is 7. The molecule has 0 bridgehead atoms. The summed E-state index contributed by atoms with van der Waals surface area (Å²) < 4.78 is 68.6. The summed E-state index contributed by atoms with van der Waals surface area (Å²) >= 11 is 5.92. The Morgan fingerprint density at radius 3 is 2.23 bits per heavy atom. The molecule has 1 atom stereocenters. The molecule has 3 aromatic heterocycles. The van der Waals surface area contributed by atoms with Gasteiger partial charge in [0.1, 0.15) is 36.0 Å². The number of alkyl halides is 2. The zero-order valence-electron chi connectivity index (χ0n) is 24.8. The van der Waals surface area contributed by atoms with Crippen LogP contribution in [0.4, 0.5) is 17.6 Å². The summed E-state index contributed by atoms with van der Waals surface area (Å²) in [5, 5.41) is 26.3. The molecule has 6 aromatic rings. The maximum absolute atomic E-state index is 15.9. The summed E-state index contributed by atoms with van der Waals surface area (Å²) in [4.78, 5) is 3.83. The SMILES string of the molecule is OC(Cn1cnnn1)(c1ccc(F)cc1F)C(F)(F)c1ccc(C#Cc2ccc(OCc3ccc(Cn4cc(Cl)cn4)cc3)cc2)cn1. The third-order valence-corrected chi connectivity index (χ3v) is 7.54. The van der Waals surface area contributed by atoms with Crippen LogP contribution < -0.4 is 4.74 Å². The molecule has 14 heteroatoms. The average Bonchev–Trinajstić information content (AvgIpc) is 3.75. The highest BCUT2D eigenvalue weighted by atomic mass is 35.5. The summed E-state index contributed by atoms with van der Waals surface area (Å²) in [5.41, 5.74) is -1.95. The van der Waals surface area contributed by atoms with Crippen molar-refractivity contribution in [1.82, 2.24) is 35.0 Å². The van der Waals surface area contributed by atoms with Gasteiger partial charge in [0.15, 0.2) is 5.60 Å². The fraction of sp³-hybridized carbons (Fsp3) is 0.147. The Balaban J connectivity index is 1.11. The molecule has 1 N–H and O–H groups in total. The third kappa shape index (κ3) is 7.20. The fourth-order valence-electron chi connectivity index (χ4n) is 4.83. The van der Waals surface area contributed by atoms with Crippen LogP contribution in [0.15, 0.2) is 104 Å².